The average Bonchev–Trinajstić information content (AvgIpc) is 3.25. The molecule has 2 aliphatic heterocycles. The van der Waals surface area contributed by atoms with Gasteiger partial charge in [-0.05, 0) is 37.8 Å². The summed E-state index contributed by atoms with van der Waals surface area (Å²) in [7, 11) is -2.09. The number of ether oxygens (including phenoxy) is 1. The van der Waals surface area contributed by atoms with Gasteiger partial charge in [-0.15, -0.1) is 5.10 Å². The maximum Gasteiger partial charge on any atom is 0.244 e. The van der Waals surface area contributed by atoms with Crippen LogP contribution in [0.4, 0.5) is 0 Å². The summed E-state index contributed by atoms with van der Waals surface area (Å²) in [4.78, 5) is 0.103. The van der Waals surface area contributed by atoms with E-state index in [1.165, 1.54) is 6.07 Å². The zero-order valence-corrected chi connectivity index (χ0v) is 15.8. The van der Waals surface area contributed by atoms with Gasteiger partial charge in [0.05, 0.1) is 29.3 Å². The Bertz CT molecular complexity index is 967. The quantitative estimate of drug-likeness (QED) is 0.776. The standard InChI is InChI=1S/C18H21N5O3S/c1-26-12-14-11-22(21-20-14)17-8-15-6-7-16(9-17)23(15)27(24,25)18-5-3-2-4-13(18)10-19/h2-5,11,15-17H,6-9,12H2,1H3. The van der Waals surface area contributed by atoms with Crippen molar-refractivity contribution in [3.63, 3.8) is 0 Å². The number of piperidine rings is 1. The number of fused-ring (bicyclic) bond motifs is 2. The highest BCUT2D eigenvalue weighted by Gasteiger charge is 2.48. The molecule has 2 unspecified atom stereocenters. The van der Waals surface area contributed by atoms with Crippen LogP contribution in [0.25, 0.3) is 0 Å². The van der Waals surface area contributed by atoms with Gasteiger partial charge in [-0.25, -0.2) is 13.1 Å². The van der Waals surface area contributed by atoms with E-state index in [9.17, 15) is 13.7 Å². The highest BCUT2D eigenvalue weighted by Crippen LogP contribution is 2.43. The number of benzene rings is 1. The summed E-state index contributed by atoms with van der Waals surface area (Å²) in [5, 5.41) is 17.6. The maximum absolute atomic E-state index is 13.3. The number of methoxy groups -OCH3 is 1. The zero-order valence-electron chi connectivity index (χ0n) is 15.0. The topological polar surface area (TPSA) is 101 Å². The van der Waals surface area contributed by atoms with Gasteiger partial charge in [0.1, 0.15) is 11.8 Å². The summed E-state index contributed by atoms with van der Waals surface area (Å²) in [5.41, 5.74) is 0.961. The number of hydrogen-bond donors (Lipinski definition) is 0. The van der Waals surface area contributed by atoms with Gasteiger partial charge < -0.3 is 4.74 Å². The fraction of sp³-hybridized carbons (Fsp3) is 0.500. The summed E-state index contributed by atoms with van der Waals surface area (Å²) in [6, 6.07) is 8.37. The number of hydrogen-bond acceptors (Lipinski definition) is 6. The van der Waals surface area contributed by atoms with E-state index in [0.29, 0.717) is 19.4 Å². The van der Waals surface area contributed by atoms with Gasteiger partial charge in [0.2, 0.25) is 10.0 Å². The Morgan fingerprint density at radius 3 is 2.59 bits per heavy atom. The number of rotatable bonds is 5. The van der Waals surface area contributed by atoms with Gasteiger partial charge in [0, 0.05) is 19.2 Å². The molecule has 0 radical (unpaired) electrons. The van der Waals surface area contributed by atoms with Crippen molar-refractivity contribution in [2.45, 2.75) is 55.3 Å². The van der Waals surface area contributed by atoms with E-state index >= 15 is 0 Å². The maximum atomic E-state index is 13.3. The molecule has 0 spiro atoms. The van der Waals surface area contributed by atoms with Crippen LogP contribution in [0.1, 0.15) is 43.0 Å². The SMILES string of the molecule is COCc1cn(C2CC3CCC(C2)N3S(=O)(=O)c2ccccc2C#N)nn1. The van der Waals surface area contributed by atoms with Gasteiger partial charge in [0.15, 0.2) is 0 Å². The fourth-order valence-corrected chi connectivity index (χ4v) is 6.35. The van der Waals surface area contributed by atoms with Crippen LogP contribution < -0.4 is 0 Å². The molecule has 0 saturated carbocycles. The largest absolute Gasteiger partial charge is 0.378 e. The van der Waals surface area contributed by atoms with Crippen molar-refractivity contribution in [2.24, 2.45) is 0 Å². The second kappa shape index (κ2) is 7.03. The van der Waals surface area contributed by atoms with E-state index in [1.54, 1.807) is 29.6 Å². The molecule has 2 aromatic rings. The lowest BCUT2D eigenvalue weighted by Crippen LogP contribution is -2.47. The Morgan fingerprint density at radius 1 is 1.22 bits per heavy atom. The summed E-state index contributed by atoms with van der Waals surface area (Å²) >= 11 is 0. The first kappa shape index (κ1) is 18.1. The average molecular weight is 387 g/mol. The van der Waals surface area contributed by atoms with Crippen molar-refractivity contribution in [1.29, 1.82) is 5.26 Å². The number of sulfonamides is 1. The Morgan fingerprint density at radius 2 is 1.93 bits per heavy atom. The Hall–Kier alpha value is -2.28. The summed E-state index contributed by atoms with van der Waals surface area (Å²) in [6.07, 6.45) is 4.92. The van der Waals surface area contributed by atoms with E-state index in [1.807, 2.05) is 16.9 Å². The molecular formula is C18H21N5O3S. The summed E-state index contributed by atoms with van der Waals surface area (Å²) in [6.45, 7) is 0.408. The molecule has 27 heavy (non-hydrogen) atoms. The lowest BCUT2D eigenvalue weighted by atomic mass is 10.00. The minimum atomic E-state index is -3.70. The van der Waals surface area contributed by atoms with Crippen LogP contribution in [-0.2, 0) is 21.4 Å². The van der Waals surface area contributed by atoms with Crippen LogP contribution in [0.2, 0.25) is 0 Å². The van der Waals surface area contributed by atoms with E-state index in [4.69, 9.17) is 4.74 Å². The first-order valence-corrected chi connectivity index (χ1v) is 10.4. The predicted molar refractivity (Wildman–Crippen MR) is 96.0 cm³/mol. The van der Waals surface area contributed by atoms with Crippen molar-refractivity contribution in [3.8, 4) is 6.07 Å². The lowest BCUT2D eigenvalue weighted by Gasteiger charge is -2.37. The molecule has 8 nitrogen and oxygen atoms in total. The second-order valence-electron chi connectivity index (χ2n) is 7.08. The van der Waals surface area contributed by atoms with Crippen LogP contribution in [-0.4, -0.2) is 46.9 Å². The van der Waals surface area contributed by atoms with Crippen molar-refractivity contribution in [1.82, 2.24) is 19.3 Å². The number of nitrogens with zero attached hydrogens (tertiary/aromatic N) is 5. The Labute approximate surface area is 158 Å². The summed E-state index contributed by atoms with van der Waals surface area (Å²) < 4.78 is 35.1. The second-order valence-corrected chi connectivity index (χ2v) is 8.89. The lowest BCUT2D eigenvalue weighted by molar-refractivity contribution is 0.180. The number of nitriles is 1. The van der Waals surface area contributed by atoms with Crippen LogP contribution in [0.15, 0.2) is 35.4 Å². The first-order chi connectivity index (χ1) is 13.0. The molecule has 4 rings (SSSR count). The van der Waals surface area contributed by atoms with E-state index < -0.39 is 10.0 Å². The minimum absolute atomic E-state index is 0.0828. The molecule has 2 bridgehead atoms. The molecule has 3 heterocycles. The molecule has 1 aromatic carbocycles. The molecule has 0 aliphatic carbocycles. The van der Waals surface area contributed by atoms with Crippen molar-refractivity contribution >= 4 is 10.0 Å². The molecule has 2 fully saturated rings. The zero-order chi connectivity index (χ0) is 19.0. The number of aromatic nitrogens is 3. The van der Waals surface area contributed by atoms with Gasteiger partial charge >= 0.3 is 0 Å². The van der Waals surface area contributed by atoms with Crippen molar-refractivity contribution < 1.29 is 13.2 Å². The van der Waals surface area contributed by atoms with Gasteiger partial charge in [-0.3, -0.25) is 0 Å². The van der Waals surface area contributed by atoms with Crippen molar-refractivity contribution in [3.05, 3.63) is 41.7 Å². The van der Waals surface area contributed by atoms with Crippen molar-refractivity contribution in [2.75, 3.05) is 7.11 Å². The molecule has 0 N–H and O–H groups in total. The predicted octanol–water partition coefficient (Wildman–Crippen LogP) is 1.85. The third kappa shape index (κ3) is 3.14. The molecule has 2 atom stereocenters. The van der Waals surface area contributed by atoms with Gasteiger partial charge in [0.25, 0.3) is 0 Å². The molecule has 1 aromatic heterocycles. The summed E-state index contributed by atoms with van der Waals surface area (Å²) in [5.74, 6) is 0. The van der Waals surface area contributed by atoms with Gasteiger partial charge in [-0.1, -0.05) is 17.3 Å². The molecule has 142 valence electrons. The molecular weight excluding hydrogens is 366 g/mol. The third-order valence-electron chi connectivity index (χ3n) is 5.43. The molecule has 2 aliphatic rings. The Balaban J connectivity index is 1.60. The monoisotopic (exact) mass is 387 g/mol. The molecule has 0 amide bonds. The first-order valence-electron chi connectivity index (χ1n) is 8.97. The minimum Gasteiger partial charge on any atom is -0.378 e. The highest BCUT2D eigenvalue weighted by molar-refractivity contribution is 7.89. The van der Waals surface area contributed by atoms with Crippen LogP contribution in [0.5, 0.6) is 0 Å². The normalized spacial score (nSPS) is 25.4. The Kier molecular flexibility index (Phi) is 4.72. The molecule has 9 heteroatoms. The van der Waals surface area contributed by atoms with Gasteiger partial charge in [-0.2, -0.15) is 9.57 Å². The smallest absolute Gasteiger partial charge is 0.244 e. The molecule has 2 saturated heterocycles. The fourth-order valence-electron chi connectivity index (χ4n) is 4.32. The highest BCUT2D eigenvalue weighted by atomic mass is 32.2. The van der Waals surface area contributed by atoms with E-state index in [-0.39, 0.29) is 28.6 Å². The van der Waals surface area contributed by atoms with Crippen LogP contribution in [0, 0.1) is 11.3 Å². The van der Waals surface area contributed by atoms with Crippen LogP contribution in [0.3, 0.4) is 0 Å². The van der Waals surface area contributed by atoms with E-state index in [0.717, 1.165) is 18.5 Å². The van der Waals surface area contributed by atoms with Crippen LogP contribution >= 0.6 is 0 Å². The third-order valence-corrected chi connectivity index (χ3v) is 7.49. The van der Waals surface area contributed by atoms with E-state index in [2.05, 4.69) is 10.3 Å².